The zero-order chi connectivity index (χ0) is 20.2. The Kier molecular flexibility index (Phi) is 5.12. The highest BCUT2D eigenvalue weighted by Gasteiger charge is 2.39. The Morgan fingerprint density at radius 1 is 0.793 bits per heavy atom. The van der Waals surface area contributed by atoms with Crippen molar-refractivity contribution in [1.29, 1.82) is 0 Å². The summed E-state index contributed by atoms with van der Waals surface area (Å²) in [6.07, 6.45) is 0. The Hall–Kier alpha value is -3.86. The van der Waals surface area contributed by atoms with Crippen LogP contribution in [0.2, 0.25) is 0 Å². The van der Waals surface area contributed by atoms with Crippen molar-refractivity contribution in [3.63, 3.8) is 0 Å². The smallest absolute Gasteiger partial charge is 0.278 e. The summed E-state index contributed by atoms with van der Waals surface area (Å²) < 4.78 is 5.39. The van der Waals surface area contributed by atoms with E-state index in [1.807, 2.05) is 78.9 Å². The number of ether oxygens (including phenoxy) is 1. The molecule has 0 saturated carbocycles. The second kappa shape index (κ2) is 8.02. The van der Waals surface area contributed by atoms with E-state index in [2.05, 4.69) is 5.32 Å². The van der Waals surface area contributed by atoms with Gasteiger partial charge in [-0.1, -0.05) is 72.8 Å². The highest BCUT2D eigenvalue weighted by molar-refractivity contribution is 6.36. The number of carbonyl (C=O) groups is 2. The van der Waals surface area contributed by atoms with E-state index in [9.17, 15) is 9.59 Å². The molecule has 5 heteroatoms. The van der Waals surface area contributed by atoms with E-state index in [1.54, 1.807) is 13.2 Å². The first-order valence-electron chi connectivity index (χ1n) is 9.29. The second-order valence-corrected chi connectivity index (χ2v) is 6.62. The van der Waals surface area contributed by atoms with Gasteiger partial charge in [0.25, 0.3) is 11.8 Å². The molecule has 3 aromatic rings. The number of nitrogens with one attached hydrogen (secondary N) is 1. The maximum absolute atomic E-state index is 13.3. The standard InChI is InChI=1S/C24H20N2O3/c1-29-20-15-9-8-14-19(20)25-22-21(18-12-6-3-7-13-18)23(27)26(24(22)28)16-17-10-4-2-5-11-17/h2-15,25H,16H2,1H3. The van der Waals surface area contributed by atoms with Crippen molar-refractivity contribution in [2.24, 2.45) is 0 Å². The van der Waals surface area contributed by atoms with Gasteiger partial charge < -0.3 is 10.1 Å². The van der Waals surface area contributed by atoms with Gasteiger partial charge in [0.2, 0.25) is 0 Å². The van der Waals surface area contributed by atoms with E-state index in [-0.39, 0.29) is 24.1 Å². The number of amides is 2. The van der Waals surface area contributed by atoms with Gasteiger partial charge in [0.15, 0.2) is 0 Å². The fraction of sp³-hybridized carbons (Fsp3) is 0.0833. The van der Waals surface area contributed by atoms with Crippen LogP contribution in [0.25, 0.3) is 5.57 Å². The molecule has 144 valence electrons. The van der Waals surface area contributed by atoms with E-state index < -0.39 is 0 Å². The van der Waals surface area contributed by atoms with Crippen LogP contribution in [0.3, 0.4) is 0 Å². The molecule has 0 radical (unpaired) electrons. The van der Waals surface area contributed by atoms with Gasteiger partial charge in [0.1, 0.15) is 11.4 Å². The Bertz CT molecular complexity index is 1080. The number of rotatable bonds is 6. The first kappa shape index (κ1) is 18.5. The van der Waals surface area contributed by atoms with Crippen LogP contribution in [-0.2, 0) is 16.1 Å². The molecule has 5 nitrogen and oxygen atoms in total. The zero-order valence-electron chi connectivity index (χ0n) is 16.0. The number of hydrogen-bond donors (Lipinski definition) is 1. The molecule has 0 fully saturated rings. The average molecular weight is 384 g/mol. The summed E-state index contributed by atoms with van der Waals surface area (Å²) in [6.45, 7) is 0.214. The SMILES string of the molecule is COc1ccccc1NC1=C(c2ccccc2)C(=O)N(Cc2ccccc2)C1=O. The van der Waals surface area contributed by atoms with Gasteiger partial charge in [-0.15, -0.1) is 0 Å². The maximum Gasteiger partial charge on any atom is 0.278 e. The number of para-hydroxylation sites is 2. The number of nitrogens with zero attached hydrogens (tertiary/aromatic N) is 1. The molecule has 3 aromatic carbocycles. The van der Waals surface area contributed by atoms with Gasteiger partial charge in [0, 0.05) is 0 Å². The molecular weight excluding hydrogens is 364 g/mol. The van der Waals surface area contributed by atoms with Crippen LogP contribution in [0.1, 0.15) is 11.1 Å². The summed E-state index contributed by atoms with van der Waals surface area (Å²) in [5.74, 6) is -0.0831. The summed E-state index contributed by atoms with van der Waals surface area (Å²) in [4.78, 5) is 27.8. The molecule has 0 atom stereocenters. The maximum atomic E-state index is 13.3. The van der Waals surface area contributed by atoms with E-state index in [0.717, 1.165) is 5.56 Å². The average Bonchev–Trinajstić information content (AvgIpc) is 3.00. The van der Waals surface area contributed by atoms with Gasteiger partial charge in [-0.2, -0.15) is 0 Å². The Morgan fingerprint density at radius 2 is 1.41 bits per heavy atom. The molecule has 1 heterocycles. The predicted molar refractivity (Wildman–Crippen MR) is 112 cm³/mol. The fourth-order valence-corrected chi connectivity index (χ4v) is 3.36. The Balaban J connectivity index is 1.75. The third-order valence-corrected chi connectivity index (χ3v) is 4.78. The summed E-state index contributed by atoms with van der Waals surface area (Å²) >= 11 is 0. The van der Waals surface area contributed by atoms with Crippen LogP contribution in [0, 0.1) is 0 Å². The predicted octanol–water partition coefficient (Wildman–Crippen LogP) is 4.09. The number of hydrogen-bond acceptors (Lipinski definition) is 4. The minimum absolute atomic E-state index is 0.214. The van der Waals surface area contributed by atoms with Crippen LogP contribution >= 0.6 is 0 Å². The van der Waals surface area contributed by atoms with Crippen LogP contribution in [-0.4, -0.2) is 23.8 Å². The molecule has 29 heavy (non-hydrogen) atoms. The second-order valence-electron chi connectivity index (χ2n) is 6.62. The number of carbonyl (C=O) groups excluding carboxylic acids is 2. The van der Waals surface area contributed by atoms with Gasteiger partial charge in [-0.25, -0.2) is 0 Å². The van der Waals surface area contributed by atoms with Gasteiger partial charge >= 0.3 is 0 Å². The molecular formula is C24H20N2O3. The third-order valence-electron chi connectivity index (χ3n) is 4.78. The van der Waals surface area contributed by atoms with Crippen molar-refractivity contribution < 1.29 is 14.3 Å². The van der Waals surface area contributed by atoms with Crippen molar-refractivity contribution in [2.75, 3.05) is 12.4 Å². The van der Waals surface area contributed by atoms with Crippen LogP contribution in [0.5, 0.6) is 5.75 Å². The lowest BCUT2D eigenvalue weighted by Crippen LogP contribution is -2.32. The Labute approximate surface area is 169 Å². The van der Waals surface area contributed by atoms with E-state index in [1.165, 1.54) is 4.90 Å². The lowest BCUT2D eigenvalue weighted by molar-refractivity contribution is -0.137. The zero-order valence-corrected chi connectivity index (χ0v) is 16.0. The molecule has 2 amide bonds. The molecule has 4 rings (SSSR count). The molecule has 0 aliphatic carbocycles. The first-order chi connectivity index (χ1) is 14.2. The fourth-order valence-electron chi connectivity index (χ4n) is 3.36. The van der Waals surface area contributed by atoms with Crippen molar-refractivity contribution in [1.82, 2.24) is 4.90 Å². The number of benzene rings is 3. The van der Waals surface area contributed by atoms with E-state index in [0.29, 0.717) is 22.6 Å². The number of imide groups is 1. The minimum Gasteiger partial charge on any atom is -0.495 e. The molecule has 0 bridgehead atoms. The van der Waals surface area contributed by atoms with Crippen molar-refractivity contribution >= 4 is 23.1 Å². The van der Waals surface area contributed by atoms with Crippen LogP contribution in [0.15, 0.2) is 90.6 Å². The molecule has 1 N–H and O–H groups in total. The van der Waals surface area contributed by atoms with Crippen LogP contribution in [0.4, 0.5) is 5.69 Å². The summed E-state index contributed by atoms with van der Waals surface area (Å²) in [5.41, 5.74) is 2.82. The molecule has 0 saturated heterocycles. The minimum atomic E-state index is -0.358. The molecule has 1 aliphatic heterocycles. The third kappa shape index (κ3) is 3.62. The number of anilines is 1. The lowest BCUT2D eigenvalue weighted by atomic mass is 10.0. The molecule has 1 aliphatic rings. The molecule has 0 spiro atoms. The van der Waals surface area contributed by atoms with E-state index >= 15 is 0 Å². The summed E-state index contributed by atoms with van der Waals surface area (Å²) in [6, 6.07) is 26.0. The number of methoxy groups -OCH3 is 1. The quantitative estimate of drug-likeness (QED) is 0.651. The van der Waals surface area contributed by atoms with Gasteiger partial charge in [-0.3, -0.25) is 14.5 Å². The van der Waals surface area contributed by atoms with Crippen molar-refractivity contribution in [2.45, 2.75) is 6.54 Å². The van der Waals surface area contributed by atoms with Crippen LogP contribution < -0.4 is 10.1 Å². The van der Waals surface area contributed by atoms with Crippen molar-refractivity contribution in [3.05, 3.63) is 102 Å². The summed E-state index contributed by atoms with van der Waals surface area (Å²) in [5, 5.41) is 3.15. The van der Waals surface area contributed by atoms with Crippen molar-refractivity contribution in [3.8, 4) is 5.75 Å². The molecule has 0 aromatic heterocycles. The topological polar surface area (TPSA) is 58.6 Å². The largest absolute Gasteiger partial charge is 0.495 e. The highest BCUT2D eigenvalue weighted by atomic mass is 16.5. The molecule has 0 unspecified atom stereocenters. The first-order valence-corrected chi connectivity index (χ1v) is 9.29. The summed E-state index contributed by atoms with van der Waals surface area (Å²) in [7, 11) is 1.57. The normalized spacial score (nSPS) is 13.8. The lowest BCUT2D eigenvalue weighted by Gasteiger charge is -2.16. The van der Waals surface area contributed by atoms with Gasteiger partial charge in [0.05, 0.1) is 24.9 Å². The Morgan fingerprint density at radius 3 is 2.10 bits per heavy atom. The monoisotopic (exact) mass is 384 g/mol. The van der Waals surface area contributed by atoms with E-state index in [4.69, 9.17) is 4.74 Å². The van der Waals surface area contributed by atoms with Gasteiger partial charge in [-0.05, 0) is 23.3 Å². The highest BCUT2D eigenvalue weighted by Crippen LogP contribution is 2.33.